The smallest absolute Gasteiger partial charge is 0.534 e. The number of aromatic nitrogens is 2. The van der Waals surface area contributed by atoms with Gasteiger partial charge in [-0.15, -0.1) is 0 Å². The van der Waals surface area contributed by atoms with Gasteiger partial charge in [-0.1, -0.05) is 17.3 Å². The average molecular weight is 391 g/mol. The molecule has 0 fully saturated rings. The fourth-order valence-corrected chi connectivity index (χ4v) is 2.99. The van der Waals surface area contributed by atoms with Gasteiger partial charge in [0.25, 0.3) is 5.91 Å². The second kappa shape index (κ2) is 7.59. The van der Waals surface area contributed by atoms with Gasteiger partial charge in [-0.3, -0.25) is 4.79 Å². The maximum absolute atomic E-state index is 12.5. The Labute approximate surface area is 157 Å². The number of nitrogens with two attached hydrogens (primary N) is 1. The van der Waals surface area contributed by atoms with Crippen LogP contribution < -0.4 is 15.7 Å². The third-order valence-corrected chi connectivity index (χ3v) is 4.26. The topological polar surface area (TPSA) is 169 Å². The molecule has 0 unspecified atom stereocenters. The van der Waals surface area contributed by atoms with Gasteiger partial charge in [0.1, 0.15) is 12.9 Å². The van der Waals surface area contributed by atoms with Crippen molar-refractivity contribution in [2.24, 2.45) is 5.16 Å². The van der Waals surface area contributed by atoms with E-state index >= 15 is 0 Å². The zero-order valence-corrected chi connectivity index (χ0v) is 14.8. The molecule has 2 aromatic rings. The predicted molar refractivity (Wildman–Crippen MR) is 95.5 cm³/mol. The number of carbonyl (C=O) groups excluding carboxylic acids is 1. The molecule has 0 radical (unpaired) electrons. The van der Waals surface area contributed by atoms with E-state index in [4.69, 9.17) is 10.4 Å². The summed E-state index contributed by atoms with van der Waals surface area (Å²) in [5.41, 5.74) is 5.77. The van der Waals surface area contributed by atoms with Gasteiger partial charge in [0.15, 0.2) is 5.13 Å². The third-order valence-electron chi connectivity index (χ3n) is 3.72. The first-order valence-corrected chi connectivity index (χ1v) is 8.39. The van der Waals surface area contributed by atoms with Crippen molar-refractivity contribution < 1.29 is 29.2 Å². The molecule has 0 saturated carbocycles. The number of para-hydroxylation sites is 1. The quantitative estimate of drug-likeness (QED) is 0.293. The Morgan fingerprint density at radius 1 is 1.52 bits per heavy atom. The summed E-state index contributed by atoms with van der Waals surface area (Å²) in [6, 6.07) is 4.58. The Balaban J connectivity index is 1.81. The highest BCUT2D eigenvalue weighted by Crippen LogP contribution is 2.30. The Hall–Kier alpha value is -3.19. The van der Waals surface area contributed by atoms with Gasteiger partial charge in [-0.05, 0) is 18.1 Å². The molecule has 3 rings (SSSR count). The molecule has 27 heavy (non-hydrogen) atoms. The van der Waals surface area contributed by atoms with Crippen LogP contribution >= 0.6 is 11.5 Å². The zero-order valence-electron chi connectivity index (χ0n) is 13.9. The van der Waals surface area contributed by atoms with Crippen molar-refractivity contribution in [1.82, 2.24) is 14.7 Å². The van der Waals surface area contributed by atoms with Crippen LogP contribution in [0.1, 0.15) is 21.7 Å². The number of rotatable bonds is 5. The standard InChI is InChI=1S/C14H14BN5O6S/c1-25-19-9(11-18-14(16)27-20-11)12(21)17-8-5-6-3-2-4-7(13(22)23)10(6)26-15(8)24/h2-4,8,24H,5H2,1H3,(H,17,21)(H,22,23)(H2,16,18,20)/b19-9-/t8-/m0/s1. The molecule has 1 aromatic heterocycles. The van der Waals surface area contributed by atoms with E-state index in [1.807, 2.05) is 0 Å². The Morgan fingerprint density at radius 3 is 2.93 bits per heavy atom. The summed E-state index contributed by atoms with van der Waals surface area (Å²) >= 11 is 0.888. The molecule has 140 valence electrons. The van der Waals surface area contributed by atoms with Crippen LogP contribution in [0.15, 0.2) is 23.4 Å². The van der Waals surface area contributed by atoms with Crippen molar-refractivity contribution in [3.63, 3.8) is 0 Å². The number of carbonyl (C=O) groups is 2. The van der Waals surface area contributed by atoms with Gasteiger partial charge in [-0.2, -0.15) is 9.36 Å². The number of benzene rings is 1. The number of oxime groups is 1. The SMILES string of the molecule is CO/N=C(\C(=O)N[C@H]1Cc2cccc(C(=O)O)c2OB1O)c1nsc(N)n1. The summed E-state index contributed by atoms with van der Waals surface area (Å²) in [4.78, 5) is 32.4. The molecular formula is C14H14BN5O6S. The molecule has 0 spiro atoms. The first-order chi connectivity index (χ1) is 12.9. The van der Waals surface area contributed by atoms with Crippen molar-refractivity contribution >= 4 is 41.4 Å². The van der Waals surface area contributed by atoms with Crippen LogP contribution in [0.3, 0.4) is 0 Å². The lowest BCUT2D eigenvalue weighted by atomic mass is 9.72. The van der Waals surface area contributed by atoms with Gasteiger partial charge >= 0.3 is 13.1 Å². The average Bonchev–Trinajstić information content (AvgIpc) is 3.05. The van der Waals surface area contributed by atoms with E-state index < -0.39 is 24.9 Å². The summed E-state index contributed by atoms with van der Waals surface area (Å²) in [6.07, 6.45) is 0.149. The number of anilines is 1. The maximum atomic E-state index is 12.5. The maximum Gasteiger partial charge on any atom is 0.547 e. The summed E-state index contributed by atoms with van der Waals surface area (Å²) in [6.45, 7) is 0. The molecule has 0 bridgehead atoms. The molecule has 0 aliphatic carbocycles. The van der Waals surface area contributed by atoms with Crippen LogP contribution in [0.5, 0.6) is 5.75 Å². The molecule has 2 heterocycles. The minimum absolute atomic E-state index is 0.0170. The van der Waals surface area contributed by atoms with Gasteiger partial charge in [-0.25, -0.2) is 4.79 Å². The number of hydrogen-bond donors (Lipinski definition) is 4. The normalized spacial score (nSPS) is 16.3. The zero-order chi connectivity index (χ0) is 19.6. The fraction of sp³-hybridized carbons (Fsp3) is 0.214. The van der Waals surface area contributed by atoms with E-state index in [0.717, 1.165) is 11.5 Å². The third kappa shape index (κ3) is 3.83. The highest BCUT2D eigenvalue weighted by Gasteiger charge is 2.38. The molecule has 1 aromatic carbocycles. The summed E-state index contributed by atoms with van der Waals surface area (Å²) < 4.78 is 9.24. The largest absolute Gasteiger partial charge is 0.547 e. The van der Waals surface area contributed by atoms with Crippen molar-refractivity contribution in [2.45, 2.75) is 12.4 Å². The number of fused-ring (bicyclic) bond motifs is 1. The number of aromatic carboxylic acids is 1. The van der Waals surface area contributed by atoms with Crippen LogP contribution in [0.4, 0.5) is 5.13 Å². The Morgan fingerprint density at radius 2 is 2.30 bits per heavy atom. The summed E-state index contributed by atoms with van der Waals surface area (Å²) in [5.74, 6) is -2.69. The number of nitrogen functional groups attached to an aromatic ring is 1. The molecule has 1 aliphatic rings. The lowest BCUT2D eigenvalue weighted by Crippen LogP contribution is -2.54. The molecule has 13 heteroatoms. The van der Waals surface area contributed by atoms with E-state index in [2.05, 4.69) is 24.7 Å². The first kappa shape index (κ1) is 18.6. The number of hydrogen-bond acceptors (Lipinski definition) is 10. The molecule has 11 nitrogen and oxygen atoms in total. The van der Waals surface area contributed by atoms with Crippen molar-refractivity contribution in [1.29, 1.82) is 0 Å². The van der Waals surface area contributed by atoms with E-state index in [1.165, 1.54) is 13.2 Å². The molecule has 1 amide bonds. The lowest BCUT2D eigenvalue weighted by molar-refractivity contribution is -0.115. The fourth-order valence-electron chi connectivity index (χ4n) is 2.56. The van der Waals surface area contributed by atoms with E-state index in [1.54, 1.807) is 12.1 Å². The number of nitrogens with zero attached hydrogens (tertiary/aromatic N) is 3. The Kier molecular flexibility index (Phi) is 5.23. The van der Waals surface area contributed by atoms with Gasteiger partial charge < -0.3 is 30.7 Å². The molecule has 0 saturated heterocycles. The van der Waals surface area contributed by atoms with Crippen LogP contribution in [-0.2, 0) is 16.1 Å². The molecule has 1 atom stereocenters. The number of amides is 1. The summed E-state index contributed by atoms with van der Waals surface area (Å²) in [5, 5.41) is 25.7. The van der Waals surface area contributed by atoms with Gasteiger partial charge in [0, 0.05) is 11.5 Å². The minimum atomic E-state index is -1.46. The monoisotopic (exact) mass is 391 g/mol. The predicted octanol–water partition coefficient (Wildman–Crippen LogP) is -0.691. The minimum Gasteiger partial charge on any atom is -0.534 e. The van der Waals surface area contributed by atoms with Gasteiger partial charge in [0.2, 0.25) is 11.5 Å². The van der Waals surface area contributed by atoms with Crippen LogP contribution in [0.25, 0.3) is 0 Å². The molecule has 1 aliphatic heterocycles. The molecular weight excluding hydrogens is 377 g/mol. The van der Waals surface area contributed by atoms with Crippen LogP contribution in [0.2, 0.25) is 0 Å². The van der Waals surface area contributed by atoms with Crippen molar-refractivity contribution in [3.05, 3.63) is 35.2 Å². The number of nitrogens with one attached hydrogen (secondary N) is 1. The number of carboxylic acid groups (broad SMARTS) is 1. The second-order valence-corrected chi connectivity index (χ2v) is 6.25. The highest BCUT2D eigenvalue weighted by atomic mass is 32.1. The second-order valence-electron chi connectivity index (χ2n) is 5.47. The van der Waals surface area contributed by atoms with Crippen molar-refractivity contribution in [3.8, 4) is 5.75 Å². The lowest BCUT2D eigenvalue weighted by Gasteiger charge is -2.28. The van der Waals surface area contributed by atoms with Gasteiger partial charge in [0.05, 0.1) is 11.5 Å². The van der Waals surface area contributed by atoms with E-state index in [0.29, 0.717) is 5.56 Å². The first-order valence-electron chi connectivity index (χ1n) is 7.62. The van der Waals surface area contributed by atoms with E-state index in [9.17, 15) is 19.7 Å². The molecule has 5 N–H and O–H groups in total. The highest BCUT2D eigenvalue weighted by molar-refractivity contribution is 7.09. The number of carboxylic acids is 1. The Bertz CT molecular complexity index is 919. The van der Waals surface area contributed by atoms with Crippen molar-refractivity contribution in [2.75, 3.05) is 12.8 Å². The summed E-state index contributed by atoms with van der Waals surface area (Å²) in [7, 11) is -0.204. The van der Waals surface area contributed by atoms with Crippen LogP contribution in [0, 0.1) is 0 Å². The van der Waals surface area contributed by atoms with Crippen LogP contribution in [-0.4, -0.2) is 57.2 Å². The van der Waals surface area contributed by atoms with E-state index in [-0.39, 0.29) is 34.4 Å².